The molecule has 1 aromatic carbocycles. The molecule has 1 unspecified atom stereocenters. The minimum absolute atomic E-state index is 0.0821. The Morgan fingerprint density at radius 2 is 1.96 bits per heavy atom. The number of ether oxygens (including phenoxy) is 2. The van der Waals surface area contributed by atoms with Gasteiger partial charge in [0.2, 0.25) is 0 Å². The average molecular weight is 425 g/mol. The number of hydrogen-bond acceptors (Lipinski definition) is 5. The molecule has 0 N–H and O–H groups in total. The molecule has 1 aliphatic rings. The van der Waals surface area contributed by atoms with Crippen LogP contribution < -0.4 is 4.74 Å². The van der Waals surface area contributed by atoms with Crippen molar-refractivity contribution in [2.45, 2.75) is 46.1 Å². The second-order valence-electron chi connectivity index (χ2n) is 7.19. The maximum atomic E-state index is 12.3. The van der Waals surface area contributed by atoms with E-state index < -0.39 is 11.7 Å². The summed E-state index contributed by atoms with van der Waals surface area (Å²) in [6.45, 7) is 7.81. The summed E-state index contributed by atoms with van der Waals surface area (Å²) in [7, 11) is 0. The third kappa shape index (κ3) is 5.56. The molecule has 142 valence electrons. The molecule has 0 aromatic heterocycles. The lowest BCUT2D eigenvalue weighted by molar-refractivity contribution is -0.131. The van der Waals surface area contributed by atoms with Gasteiger partial charge >= 0.3 is 6.09 Å². The number of rotatable bonds is 5. The van der Waals surface area contributed by atoms with Crippen LogP contribution in [0, 0.1) is 5.92 Å². The first kappa shape index (κ1) is 20.4. The standard InChI is InChI=1S/C19H25BrN2O4/c1-13-12-16(23)22(18(24)26-19(2,3)4)21-17(13)14-6-8-15(9-7-14)25-11-5-10-20/h6-9,13H,5,10-12H2,1-4H3. The Kier molecular flexibility index (Phi) is 6.81. The van der Waals surface area contributed by atoms with E-state index in [9.17, 15) is 9.59 Å². The smallest absolute Gasteiger partial charge is 0.438 e. The SMILES string of the molecule is CC1CC(=O)N(C(=O)OC(C)(C)C)N=C1c1ccc(OCCCBr)cc1. The Balaban J connectivity index is 2.19. The van der Waals surface area contributed by atoms with Crippen LogP contribution in [-0.2, 0) is 9.53 Å². The summed E-state index contributed by atoms with van der Waals surface area (Å²) >= 11 is 3.37. The summed E-state index contributed by atoms with van der Waals surface area (Å²) in [6.07, 6.45) is 0.390. The molecule has 0 bridgehead atoms. The highest BCUT2D eigenvalue weighted by molar-refractivity contribution is 9.09. The Morgan fingerprint density at radius 3 is 2.54 bits per heavy atom. The van der Waals surface area contributed by atoms with E-state index >= 15 is 0 Å². The van der Waals surface area contributed by atoms with E-state index in [1.807, 2.05) is 31.2 Å². The molecule has 0 fully saturated rings. The lowest BCUT2D eigenvalue weighted by Gasteiger charge is -2.28. The Bertz CT molecular complexity index is 680. The molecule has 26 heavy (non-hydrogen) atoms. The van der Waals surface area contributed by atoms with E-state index in [2.05, 4.69) is 21.0 Å². The number of carbonyl (C=O) groups is 2. The number of benzene rings is 1. The number of imide groups is 1. The van der Waals surface area contributed by atoms with Gasteiger partial charge in [-0.2, -0.15) is 5.10 Å². The van der Waals surface area contributed by atoms with Crippen LogP contribution in [0.2, 0.25) is 0 Å². The highest BCUT2D eigenvalue weighted by Gasteiger charge is 2.34. The Hall–Kier alpha value is -1.89. The fourth-order valence-corrected chi connectivity index (χ4v) is 2.69. The van der Waals surface area contributed by atoms with Crippen molar-refractivity contribution >= 4 is 33.6 Å². The van der Waals surface area contributed by atoms with Crippen molar-refractivity contribution < 1.29 is 19.1 Å². The maximum absolute atomic E-state index is 12.3. The van der Waals surface area contributed by atoms with Gasteiger partial charge in [0.25, 0.3) is 5.91 Å². The largest absolute Gasteiger partial charge is 0.494 e. The zero-order valence-electron chi connectivity index (χ0n) is 15.6. The van der Waals surface area contributed by atoms with Crippen LogP contribution in [0.3, 0.4) is 0 Å². The first-order chi connectivity index (χ1) is 12.2. The van der Waals surface area contributed by atoms with Crippen LogP contribution >= 0.6 is 15.9 Å². The quantitative estimate of drug-likeness (QED) is 0.520. The predicted molar refractivity (Wildman–Crippen MR) is 104 cm³/mol. The lowest BCUT2D eigenvalue weighted by Crippen LogP contribution is -2.42. The van der Waals surface area contributed by atoms with Crippen LogP contribution in [-0.4, -0.2) is 40.3 Å². The van der Waals surface area contributed by atoms with Gasteiger partial charge in [0.05, 0.1) is 12.3 Å². The van der Waals surface area contributed by atoms with E-state index in [1.165, 1.54) is 0 Å². The second kappa shape index (κ2) is 8.66. The van der Waals surface area contributed by atoms with Crippen molar-refractivity contribution in [3.05, 3.63) is 29.8 Å². The maximum Gasteiger partial charge on any atom is 0.438 e. The highest BCUT2D eigenvalue weighted by Crippen LogP contribution is 2.24. The lowest BCUT2D eigenvalue weighted by atomic mass is 9.94. The summed E-state index contributed by atoms with van der Waals surface area (Å²) < 4.78 is 10.9. The van der Waals surface area contributed by atoms with Crippen LogP contribution in [0.1, 0.15) is 46.1 Å². The Morgan fingerprint density at radius 1 is 1.31 bits per heavy atom. The zero-order valence-corrected chi connectivity index (χ0v) is 17.2. The Labute approximate surface area is 162 Å². The monoisotopic (exact) mass is 424 g/mol. The number of alkyl halides is 1. The number of hydrogen-bond donors (Lipinski definition) is 0. The van der Waals surface area contributed by atoms with Gasteiger partial charge in [0.15, 0.2) is 0 Å². The molecule has 7 heteroatoms. The minimum Gasteiger partial charge on any atom is -0.494 e. The molecule has 0 saturated heterocycles. The molecule has 1 aromatic rings. The summed E-state index contributed by atoms with van der Waals surface area (Å²) in [5, 5.41) is 6.01. The van der Waals surface area contributed by atoms with E-state index in [1.54, 1.807) is 20.8 Å². The normalized spacial score (nSPS) is 17.7. The first-order valence-corrected chi connectivity index (χ1v) is 9.77. The van der Waals surface area contributed by atoms with Crippen LogP contribution in [0.5, 0.6) is 5.75 Å². The fraction of sp³-hybridized carbons (Fsp3) is 0.526. The summed E-state index contributed by atoms with van der Waals surface area (Å²) in [5.74, 6) is 0.338. The molecule has 1 heterocycles. The van der Waals surface area contributed by atoms with Gasteiger partial charge in [-0.05, 0) is 57.0 Å². The van der Waals surface area contributed by atoms with Crippen molar-refractivity contribution in [1.82, 2.24) is 5.01 Å². The third-order valence-electron chi connectivity index (χ3n) is 3.65. The highest BCUT2D eigenvalue weighted by atomic mass is 79.9. The molecule has 6 nitrogen and oxygen atoms in total. The average Bonchev–Trinajstić information content (AvgIpc) is 2.54. The number of amides is 2. The topological polar surface area (TPSA) is 68.2 Å². The molecule has 0 radical (unpaired) electrons. The van der Waals surface area contributed by atoms with Crippen molar-refractivity contribution in [2.75, 3.05) is 11.9 Å². The molecule has 2 amide bonds. The minimum atomic E-state index is -0.748. The molecule has 1 atom stereocenters. The van der Waals surface area contributed by atoms with E-state index in [0.29, 0.717) is 12.3 Å². The van der Waals surface area contributed by atoms with Crippen molar-refractivity contribution in [3.63, 3.8) is 0 Å². The van der Waals surface area contributed by atoms with Crippen LogP contribution in [0.25, 0.3) is 0 Å². The molecular weight excluding hydrogens is 400 g/mol. The van der Waals surface area contributed by atoms with Gasteiger partial charge in [-0.15, -0.1) is 5.01 Å². The number of halogens is 1. The van der Waals surface area contributed by atoms with Gasteiger partial charge in [0.1, 0.15) is 11.4 Å². The molecule has 0 aliphatic carbocycles. The van der Waals surface area contributed by atoms with Gasteiger partial charge in [-0.25, -0.2) is 4.79 Å². The van der Waals surface area contributed by atoms with Crippen LogP contribution in [0.15, 0.2) is 29.4 Å². The van der Waals surface area contributed by atoms with Crippen molar-refractivity contribution in [2.24, 2.45) is 11.0 Å². The van der Waals surface area contributed by atoms with Gasteiger partial charge in [-0.3, -0.25) is 4.79 Å². The van der Waals surface area contributed by atoms with Crippen molar-refractivity contribution in [3.8, 4) is 5.75 Å². The molecule has 2 rings (SSSR count). The number of nitrogens with zero attached hydrogens (tertiary/aromatic N) is 2. The predicted octanol–water partition coefficient (Wildman–Crippen LogP) is 4.36. The van der Waals surface area contributed by atoms with Crippen LogP contribution in [0.4, 0.5) is 4.79 Å². The summed E-state index contributed by atoms with van der Waals surface area (Å²) in [4.78, 5) is 24.5. The fourth-order valence-electron chi connectivity index (χ4n) is 2.46. The van der Waals surface area contributed by atoms with Gasteiger partial charge in [0, 0.05) is 17.7 Å². The van der Waals surface area contributed by atoms with Gasteiger partial charge < -0.3 is 9.47 Å². The summed E-state index contributed by atoms with van der Waals surface area (Å²) in [6, 6.07) is 7.52. The molecule has 0 saturated carbocycles. The van der Waals surface area contributed by atoms with Crippen molar-refractivity contribution in [1.29, 1.82) is 0 Å². The number of carbonyl (C=O) groups excluding carboxylic acids is 2. The summed E-state index contributed by atoms with van der Waals surface area (Å²) in [5.41, 5.74) is 0.846. The first-order valence-electron chi connectivity index (χ1n) is 8.65. The van der Waals surface area contributed by atoms with E-state index in [4.69, 9.17) is 9.47 Å². The zero-order chi connectivity index (χ0) is 19.3. The molecular formula is C19H25BrN2O4. The third-order valence-corrected chi connectivity index (χ3v) is 4.22. The number of hydrazone groups is 1. The van der Waals surface area contributed by atoms with E-state index in [-0.39, 0.29) is 18.2 Å². The molecule has 0 spiro atoms. The molecule has 1 aliphatic heterocycles. The second-order valence-corrected chi connectivity index (χ2v) is 7.98. The van der Waals surface area contributed by atoms with E-state index in [0.717, 1.165) is 28.1 Å². The van der Waals surface area contributed by atoms with Gasteiger partial charge in [-0.1, -0.05) is 22.9 Å².